The molecule has 1 aliphatic rings. The molecule has 1 fully saturated rings. The van der Waals surface area contributed by atoms with Gasteiger partial charge in [0.05, 0.1) is 16.4 Å². The fourth-order valence-electron chi connectivity index (χ4n) is 2.21. The summed E-state index contributed by atoms with van der Waals surface area (Å²) in [5, 5.41) is 6.30. The lowest BCUT2D eigenvalue weighted by Gasteiger charge is -2.35. The molecular formula is C12H12BrClN6O. The Labute approximate surface area is 134 Å². The Morgan fingerprint density at radius 3 is 2.38 bits per heavy atom. The van der Waals surface area contributed by atoms with Gasteiger partial charge in [-0.25, -0.2) is 15.1 Å². The smallest absolute Gasteiger partial charge is 0.285 e. The SMILES string of the molecule is O=c1[nH]ncc(N2CCN(c3ncc(Br)cn3)CC2)c1Cl. The van der Waals surface area contributed by atoms with E-state index in [4.69, 9.17) is 11.6 Å². The summed E-state index contributed by atoms with van der Waals surface area (Å²) in [5.74, 6) is 0.702. The summed E-state index contributed by atoms with van der Waals surface area (Å²) in [7, 11) is 0. The lowest BCUT2D eigenvalue weighted by atomic mass is 10.3. The molecular weight excluding hydrogens is 360 g/mol. The Kier molecular flexibility index (Phi) is 4.07. The fraction of sp³-hybridized carbons (Fsp3) is 0.333. The van der Waals surface area contributed by atoms with Gasteiger partial charge in [-0.15, -0.1) is 0 Å². The first-order chi connectivity index (χ1) is 10.1. The maximum absolute atomic E-state index is 11.5. The van der Waals surface area contributed by atoms with Crippen LogP contribution in [0.3, 0.4) is 0 Å². The number of H-pyrrole nitrogens is 1. The summed E-state index contributed by atoms with van der Waals surface area (Å²) in [6.07, 6.45) is 5.04. The van der Waals surface area contributed by atoms with Gasteiger partial charge in [-0.1, -0.05) is 11.6 Å². The molecule has 3 rings (SSSR count). The van der Waals surface area contributed by atoms with Gasteiger partial charge < -0.3 is 9.80 Å². The van der Waals surface area contributed by atoms with E-state index in [-0.39, 0.29) is 10.6 Å². The number of rotatable bonds is 2. The van der Waals surface area contributed by atoms with E-state index >= 15 is 0 Å². The van der Waals surface area contributed by atoms with Gasteiger partial charge in [0.2, 0.25) is 5.95 Å². The number of aromatic nitrogens is 4. The van der Waals surface area contributed by atoms with E-state index in [0.29, 0.717) is 11.6 Å². The summed E-state index contributed by atoms with van der Waals surface area (Å²) in [4.78, 5) is 24.2. The van der Waals surface area contributed by atoms with E-state index in [1.54, 1.807) is 18.6 Å². The number of nitrogens with zero attached hydrogens (tertiary/aromatic N) is 5. The molecule has 0 atom stereocenters. The fourth-order valence-corrected chi connectivity index (χ4v) is 2.63. The topological polar surface area (TPSA) is 78.0 Å². The third-order valence-corrected chi connectivity index (χ3v) is 4.06. The second-order valence-corrected chi connectivity index (χ2v) is 5.87. The van der Waals surface area contributed by atoms with Crippen molar-refractivity contribution < 1.29 is 0 Å². The van der Waals surface area contributed by atoms with Gasteiger partial charge in [0.15, 0.2) is 0 Å². The molecule has 0 radical (unpaired) electrons. The molecule has 2 aromatic heterocycles. The lowest BCUT2D eigenvalue weighted by molar-refractivity contribution is 0.638. The van der Waals surface area contributed by atoms with Crippen LogP contribution in [0.1, 0.15) is 0 Å². The van der Waals surface area contributed by atoms with Crippen molar-refractivity contribution in [3.05, 3.63) is 38.4 Å². The van der Waals surface area contributed by atoms with Gasteiger partial charge in [0.1, 0.15) is 5.02 Å². The number of halogens is 2. The minimum atomic E-state index is -0.368. The molecule has 0 spiro atoms. The first kappa shape index (κ1) is 14.3. The molecule has 110 valence electrons. The van der Waals surface area contributed by atoms with Gasteiger partial charge in [-0.3, -0.25) is 4.79 Å². The van der Waals surface area contributed by atoms with Crippen LogP contribution in [0.15, 0.2) is 27.9 Å². The Hall–Kier alpha value is -1.67. The van der Waals surface area contributed by atoms with Gasteiger partial charge in [0.25, 0.3) is 5.56 Å². The molecule has 0 amide bonds. The summed E-state index contributed by atoms with van der Waals surface area (Å²) in [6, 6.07) is 0. The minimum absolute atomic E-state index is 0.179. The quantitative estimate of drug-likeness (QED) is 0.857. The van der Waals surface area contributed by atoms with E-state index < -0.39 is 0 Å². The van der Waals surface area contributed by atoms with Gasteiger partial charge in [0, 0.05) is 38.6 Å². The van der Waals surface area contributed by atoms with Crippen molar-refractivity contribution in [1.29, 1.82) is 0 Å². The molecule has 2 aromatic rings. The maximum atomic E-state index is 11.5. The molecule has 21 heavy (non-hydrogen) atoms. The summed E-state index contributed by atoms with van der Waals surface area (Å²) >= 11 is 9.35. The van der Waals surface area contributed by atoms with Gasteiger partial charge >= 0.3 is 0 Å². The van der Waals surface area contributed by atoms with Crippen LogP contribution in [-0.2, 0) is 0 Å². The first-order valence-electron chi connectivity index (χ1n) is 6.36. The van der Waals surface area contributed by atoms with Crippen LogP contribution >= 0.6 is 27.5 Å². The van der Waals surface area contributed by atoms with E-state index in [1.807, 2.05) is 4.90 Å². The van der Waals surface area contributed by atoms with Crippen LogP contribution in [0.4, 0.5) is 11.6 Å². The highest BCUT2D eigenvalue weighted by Crippen LogP contribution is 2.22. The third-order valence-electron chi connectivity index (χ3n) is 3.29. The van der Waals surface area contributed by atoms with E-state index in [9.17, 15) is 4.79 Å². The predicted molar refractivity (Wildman–Crippen MR) is 84.0 cm³/mol. The standard InChI is InChI=1S/C12H12BrClN6O/c13-8-5-15-12(16-6-8)20-3-1-19(2-4-20)9-7-17-18-11(21)10(9)14/h5-7H,1-4H2,(H,18,21). The van der Waals surface area contributed by atoms with Crippen molar-refractivity contribution in [2.24, 2.45) is 0 Å². The number of anilines is 2. The van der Waals surface area contributed by atoms with Crippen LogP contribution < -0.4 is 15.4 Å². The van der Waals surface area contributed by atoms with Crippen molar-refractivity contribution in [1.82, 2.24) is 20.2 Å². The molecule has 1 aliphatic heterocycles. The molecule has 0 unspecified atom stereocenters. The predicted octanol–water partition coefficient (Wildman–Crippen LogP) is 1.30. The molecule has 0 aromatic carbocycles. The summed E-state index contributed by atoms with van der Waals surface area (Å²) in [6.45, 7) is 2.96. The second-order valence-electron chi connectivity index (χ2n) is 4.57. The zero-order valence-electron chi connectivity index (χ0n) is 11.0. The van der Waals surface area contributed by atoms with Gasteiger partial charge in [-0.05, 0) is 15.9 Å². The molecule has 9 heteroatoms. The average Bonchev–Trinajstić information content (AvgIpc) is 2.51. The molecule has 1 saturated heterocycles. The third kappa shape index (κ3) is 3.01. The van der Waals surface area contributed by atoms with Crippen molar-refractivity contribution in [2.45, 2.75) is 0 Å². The van der Waals surface area contributed by atoms with Crippen LogP contribution in [0, 0.1) is 0 Å². The minimum Gasteiger partial charge on any atom is -0.365 e. The molecule has 3 heterocycles. The zero-order chi connectivity index (χ0) is 14.8. The van der Waals surface area contributed by atoms with E-state index in [0.717, 1.165) is 30.7 Å². The largest absolute Gasteiger partial charge is 0.365 e. The second kappa shape index (κ2) is 5.98. The Balaban J connectivity index is 1.71. The Bertz CT molecular complexity index is 683. The molecule has 0 saturated carbocycles. The Morgan fingerprint density at radius 1 is 1.10 bits per heavy atom. The number of hydrogen-bond donors (Lipinski definition) is 1. The summed E-state index contributed by atoms with van der Waals surface area (Å²) in [5.41, 5.74) is 0.296. The number of nitrogens with one attached hydrogen (secondary N) is 1. The van der Waals surface area contributed by atoms with Crippen LogP contribution in [0.5, 0.6) is 0 Å². The average molecular weight is 372 g/mol. The van der Waals surface area contributed by atoms with E-state index in [1.165, 1.54) is 0 Å². The van der Waals surface area contributed by atoms with Crippen LogP contribution in [0.25, 0.3) is 0 Å². The molecule has 7 nitrogen and oxygen atoms in total. The zero-order valence-corrected chi connectivity index (χ0v) is 13.3. The van der Waals surface area contributed by atoms with Crippen molar-refractivity contribution in [3.63, 3.8) is 0 Å². The molecule has 0 bridgehead atoms. The van der Waals surface area contributed by atoms with E-state index in [2.05, 4.69) is 41.0 Å². The molecule has 0 aliphatic carbocycles. The monoisotopic (exact) mass is 370 g/mol. The first-order valence-corrected chi connectivity index (χ1v) is 7.53. The highest BCUT2D eigenvalue weighted by molar-refractivity contribution is 9.10. The normalized spacial score (nSPS) is 15.3. The highest BCUT2D eigenvalue weighted by Gasteiger charge is 2.21. The van der Waals surface area contributed by atoms with Crippen molar-refractivity contribution in [2.75, 3.05) is 36.0 Å². The van der Waals surface area contributed by atoms with Gasteiger partial charge in [-0.2, -0.15) is 5.10 Å². The summed E-state index contributed by atoms with van der Waals surface area (Å²) < 4.78 is 0.853. The van der Waals surface area contributed by atoms with Crippen LogP contribution in [-0.4, -0.2) is 46.3 Å². The van der Waals surface area contributed by atoms with Crippen molar-refractivity contribution in [3.8, 4) is 0 Å². The number of aromatic amines is 1. The lowest BCUT2D eigenvalue weighted by Crippen LogP contribution is -2.47. The van der Waals surface area contributed by atoms with Crippen molar-refractivity contribution >= 4 is 39.2 Å². The van der Waals surface area contributed by atoms with Crippen LogP contribution in [0.2, 0.25) is 5.02 Å². The number of hydrogen-bond acceptors (Lipinski definition) is 6. The number of piperazine rings is 1. The highest BCUT2D eigenvalue weighted by atomic mass is 79.9. The Morgan fingerprint density at radius 2 is 1.71 bits per heavy atom. The molecule has 1 N–H and O–H groups in total. The maximum Gasteiger partial charge on any atom is 0.285 e.